The number of esters is 4. The zero-order chi connectivity index (χ0) is 37.0. The van der Waals surface area contributed by atoms with Gasteiger partial charge in [0.05, 0.1) is 44.5 Å². The maximum atomic E-state index is 15.9. The van der Waals surface area contributed by atoms with Gasteiger partial charge >= 0.3 is 54.8 Å². The lowest BCUT2D eigenvalue weighted by molar-refractivity contribution is -0.171. The second-order valence-corrected chi connectivity index (χ2v) is 10.2. The average Bonchev–Trinajstić information content (AvgIpc) is 3.40. The molecule has 0 aliphatic carbocycles. The molecule has 0 unspecified atom stereocenters. The summed E-state index contributed by atoms with van der Waals surface area (Å²) in [6.07, 6.45) is -29.9. The summed E-state index contributed by atoms with van der Waals surface area (Å²) in [6.45, 7) is 0. The van der Waals surface area contributed by atoms with Crippen LogP contribution in [0, 0.1) is 0 Å². The van der Waals surface area contributed by atoms with Crippen LogP contribution in [0.25, 0.3) is 0 Å². The van der Waals surface area contributed by atoms with Crippen molar-refractivity contribution in [2.45, 2.75) is 36.3 Å². The lowest BCUT2D eigenvalue weighted by atomic mass is 9.63. The molecule has 0 amide bonds. The van der Waals surface area contributed by atoms with Crippen molar-refractivity contribution >= 4 is 23.9 Å². The molecule has 260 valence electrons. The smallest absolute Gasteiger partial charge is 0.386 e. The van der Waals surface area contributed by atoms with E-state index in [1.807, 2.05) is 0 Å². The van der Waals surface area contributed by atoms with Gasteiger partial charge in [-0.25, -0.2) is 19.2 Å². The third kappa shape index (κ3) is 5.25. The number of cyclic esters (lactones) is 4. The van der Waals surface area contributed by atoms with Crippen LogP contribution in [0.4, 0.5) is 65.9 Å². The van der Waals surface area contributed by atoms with E-state index in [1.54, 1.807) is 0 Å². The first-order chi connectivity index (χ1) is 22.1. The topological polar surface area (TPSA) is 86.7 Å². The van der Waals surface area contributed by atoms with E-state index in [4.69, 9.17) is 0 Å². The van der Waals surface area contributed by atoms with Gasteiger partial charge in [0.2, 0.25) is 0 Å². The molecule has 3 aromatic carbocycles. The Morgan fingerprint density at radius 2 is 0.673 bits per heavy atom. The van der Waals surface area contributed by atoms with Crippen LogP contribution in [-0.2, 0) is 39.6 Å². The highest BCUT2D eigenvalue weighted by molar-refractivity contribution is 6.18. The number of ether oxygens (including phenoxy) is 2. The number of carbonyl (C=O) groups is 4. The minimum absolute atomic E-state index is 0.320. The monoisotopic (exact) mass is 724 g/mol. The van der Waals surface area contributed by atoms with Crippen molar-refractivity contribution in [2.24, 2.45) is 0 Å². The summed E-state index contributed by atoms with van der Waals surface area (Å²) < 4.78 is 223. The van der Waals surface area contributed by atoms with Crippen molar-refractivity contribution in [1.29, 1.82) is 0 Å². The van der Waals surface area contributed by atoms with Crippen LogP contribution < -0.4 is 0 Å². The van der Waals surface area contributed by atoms with E-state index < -0.39 is 134 Å². The van der Waals surface area contributed by atoms with Crippen molar-refractivity contribution in [3.63, 3.8) is 0 Å². The molecule has 0 bridgehead atoms. The van der Waals surface area contributed by atoms with E-state index in [1.165, 1.54) is 0 Å². The third-order valence-corrected chi connectivity index (χ3v) is 7.50. The fraction of sp³-hybridized carbons (Fsp3) is 0.214. The van der Waals surface area contributed by atoms with E-state index in [0.29, 0.717) is 0 Å². The number of alkyl halides is 15. The Labute approximate surface area is 259 Å². The van der Waals surface area contributed by atoms with Gasteiger partial charge in [0.15, 0.2) is 0 Å². The lowest BCUT2D eigenvalue weighted by Crippen LogP contribution is -2.48. The minimum atomic E-state index is -6.61. The molecule has 0 saturated carbocycles. The Balaban J connectivity index is 2.14. The van der Waals surface area contributed by atoms with E-state index in [9.17, 15) is 71.9 Å². The Hall–Kier alpha value is -5.11. The average molecular weight is 724 g/mol. The number of carbonyl (C=O) groups excluding carboxylic acids is 4. The molecule has 0 aromatic heterocycles. The molecule has 0 N–H and O–H groups in total. The number of hydrogen-bond donors (Lipinski definition) is 0. The Morgan fingerprint density at radius 3 is 0.980 bits per heavy atom. The molecule has 2 heterocycles. The van der Waals surface area contributed by atoms with Gasteiger partial charge < -0.3 is 9.47 Å². The quantitative estimate of drug-likeness (QED) is 0.117. The van der Waals surface area contributed by atoms with E-state index >= 15 is 13.2 Å². The van der Waals surface area contributed by atoms with Crippen LogP contribution in [0.15, 0.2) is 42.5 Å². The van der Waals surface area contributed by atoms with Crippen molar-refractivity contribution in [3.05, 3.63) is 104 Å². The van der Waals surface area contributed by atoms with E-state index in [0.717, 1.165) is 0 Å². The van der Waals surface area contributed by atoms with Gasteiger partial charge in [-0.3, -0.25) is 0 Å². The van der Waals surface area contributed by atoms with Crippen LogP contribution in [-0.4, -0.2) is 30.1 Å². The summed E-state index contributed by atoms with van der Waals surface area (Å²) >= 11 is 0. The summed E-state index contributed by atoms with van der Waals surface area (Å²) in [7, 11) is 0. The van der Waals surface area contributed by atoms with Gasteiger partial charge in [-0.15, -0.1) is 0 Å². The van der Waals surface area contributed by atoms with Crippen molar-refractivity contribution in [2.75, 3.05) is 0 Å². The summed E-state index contributed by atoms with van der Waals surface area (Å²) in [6, 6.07) is -3.07. The molecule has 21 heteroatoms. The Kier molecular flexibility index (Phi) is 7.50. The van der Waals surface area contributed by atoms with Crippen molar-refractivity contribution < 1.29 is 94.5 Å². The molecule has 5 rings (SSSR count). The normalized spacial score (nSPS) is 15.7. The predicted molar refractivity (Wildman–Crippen MR) is 125 cm³/mol. The number of rotatable bonds is 3. The highest BCUT2D eigenvalue weighted by Gasteiger charge is 2.65. The largest absolute Gasteiger partial charge is 0.417 e. The number of benzene rings is 3. The van der Waals surface area contributed by atoms with Crippen LogP contribution in [0.2, 0.25) is 0 Å². The number of halogens is 15. The molecule has 0 spiro atoms. The molecule has 0 radical (unpaired) electrons. The molecule has 49 heavy (non-hydrogen) atoms. The molecular formula is C28H7F15O6. The minimum Gasteiger partial charge on any atom is -0.386 e. The highest BCUT2D eigenvalue weighted by atomic mass is 19.4. The van der Waals surface area contributed by atoms with Crippen LogP contribution in [0.5, 0.6) is 0 Å². The molecule has 3 aromatic rings. The second kappa shape index (κ2) is 10.4. The number of fused-ring (bicyclic) bond motifs is 2. The predicted octanol–water partition coefficient (Wildman–Crippen LogP) is 8.28. The lowest BCUT2D eigenvalue weighted by Gasteiger charge is -2.40. The summed E-state index contributed by atoms with van der Waals surface area (Å²) in [5.74, 6) is -9.31. The van der Waals surface area contributed by atoms with Gasteiger partial charge in [0.1, 0.15) is 5.41 Å². The van der Waals surface area contributed by atoms with Gasteiger partial charge in [0.25, 0.3) is 0 Å². The van der Waals surface area contributed by atoms with Gasteiger partial charge in [-0.1, -0.05) is 18.2 Å². The fourth-order valence-electron chi connectivity index (χ4n) is 5.70. The molecule has 0 saturated heterocycles. The van der Waals surface area contributed by atoms with Crippen LogP contribution in [0.3, 0.4) is 0 Å². The fourth-order valence-corrected chi connectivity index (χ4v) is 5.70. The van der Waals surface area contributed by atoms with Crippen LogP contribution >= 0.6 is 0 Å². The first kappa shape index (κ1) is 35.2. The first-order valence-electron chi connectivity index (χ1n) is 12.5. The van der Waals surface area contributed by atoms with Gasteiger partial charge in [-0.05, 0) is 41.0 Å². The summed E-state index contributed by atoms with van der Waals surface area (Å²) in [5.41, 5.74) is -29.5. The van der Waals surface area contributed by atoms with Crippen LogP contribution in [0.1, 0.15) is 80.4 Å². The maximum Gasteiger partial charge on any atom is 0.417 e. The van der Waals surface area contributed by atoms with Gasteiger partial charge in [-0.2, -0.15) is 65.9 Å². The van der Waals surface area contributed by atoms with Gasteiger partial charge in [0, 0.05) is 0 Å². The van der Waals surface area contributed by atoms with E-state index in [2.05, 4.69) is 9.47 Å². The highest BCUT2D eigenvalue weighted by Crippen LogP contribution is 2.58. The maximum absolute atomic E-state index is 15.9. The zero-order valence-corrected chi connectivity index (χ0v) is 22.7. The van der Waals surface area contributed by atoms with Crippen molar-refractivity contribution in [3.8, 4) is 0 Å². The summed E-state index contributed by atoms with van der Waals surface area (Å²) in [4.78, 5) is 50.3. The zero-order valence-electron chi connectivity index (χ0n) is 22.7. The SMILES string of the molecule is O=C1OC(=O)c2c(C(c3ccc(C(F)(F)F)cc3C(F)(F)F)(c3ccc(C(F)(F)F)c4c3C(=O)OC4=O)C(F)(F)F)ccc(C(F)(F)F)c21. The molecule has 0 atom stereocenters. The standard InChI is InChI=1S/C28H7F15O6/c29-24(30,31)8-1-2-9(14(7-8)27(38,39)40)23(28(41,42)43,10-3-5-12(25(32,33)34)17-15(10)19(44)48-21(17)46)11-4-6-13(26(35,36)37)18-16(11)20(45)49-22(18)47/h1-7H. The molecule has 6 nitrogen and oxygen atoms in total. The molecule has 2 aliphatic rings. The molecule has 0 fully saturated rings. The molecule has 2 aliphatic heterocycles. The first-order valence-corrected chi connectivity index (χ1v) is 12.5. The molecular weight excluding hydrogens is 717 g/mol. The second-order valence-electron chi connectivity index (χ2n) is 10.2. The summed E-state index contributed by atoms with van der Waals surface area (Å²) in [5, 5.41) is 0. The van der Waals surface area contributed by atoms with Crippen molar-refractivity contribution in [1.82, 2.24) is 0 Å². The number of hydrogen-bond acceptors (Lipinski definition) is 6. The Bertz CT molecular complexity index is 1880. The Morgan fingerprint density at radius 1 is 0.367 bits per heavy atom. The third-order valence-electron chi connectivity index (χ3n) is 7.50. The van der Waals surface area contributed by atoms with E-state index in [-0.39, 0.29) is 30.3 Å².